The van der Waals surface area contributed by atoms with Gasteiger partial charge in [-0.05, 0) is 30.4 Å². The van der Waals surface area contributed by atoms with E-state index in [4.69, 9.17) is 0 Å². The zero-order valence-corrected chi connectivity index (χ0v) is 19.2. The summed E-state index contributed by atoms with van der Waals surface area (Å²) in [5, 5.41) is 6.11. The molecule has 2 aliphatic heterocycles. The number of thioether (sulfide) groups is 1. The number of amides is 3. The van der Waals surface area contributed by atoms with Gasteiger partial charge in [-0.2, -0.15) is 0 Å². The van der Waals surface area contributed by atoms with E-state index >= 15 is 0 Å². The third-order valence-electron chi connectivity index (χ3n) is 6.99. The van der Waals surface area contributed by atoms with E-state index in [1.807, 2.05) is 38.1 Å². The Bertz CT molecular complexity index is 837. The Morgan fingerprint density at radius 3 is 2.58 bits per heavy atom. The lowest BCUT2D eigenvalue weighted by molar-refractivity contribution is -0.132. The number of nitrogens with zero attached hydrogens (tertiary/aromatic N) is 1. The van der Waals surface area contributed by atoms with Gasteiger partial charge in [0, 0.05) is 17.4 Å². The van der Waals surface area contributed by atoms with Gasteiger partial charge in [-0.3, -0.25) is 14.4 Å². The highest BCUT2D eigenvalue weighted by atomic mass is 32.2. The number of benzene rings is 1. The van der Waals surface area contributed by atoms with Gasteiger partial charge in [0.1, 0.15) is 17.5 Å². The van der Waals surface area contributed by atoms with Gasteiger partial charge in [-0.25, -0.2) is 0 Å². The van der Waals surface area contributed by atoms with Gasteiger partial charge in [0.05, 0.1) is 0 Å². The molecule has 168 valence electrons. The predicted molar refractivity (Wildman–Crippen MR) is 123 cm³/mol. The number of hydrogen-bond donors (Lipinski definition) is 2. The molecule has 1 aromatic carbocycles. The molecule has 0 radical (unpaired) electrons. The Labute approximate surface area is 188 Å². The number of carbonyl (C=O) groups excluding carboxylic acids is 3. The lowest BCUT2D eigenvalue weighted by Gasteiger charge is -2.29. The Kier molecular flexibility index (Phi) is 6.89. The highest BCUT2D eigenvalue weighted by molar-refractivity contribution is 7.99. The van der Waals surface area contributed by atoms with Gasteiger partial charge in [0.25, 0.3) is 5.91 Å². The summed E-state index contributed by atoms with van der Waals surface area (Å²) in [5.41, 5.74) is 1.67. The van der Waals surface area contributed by atoms with Gasteiger partial charge in [-0.15, -0.1) is 11.8 Å². The van der Waals surface area contributed by atoms with E-state index in [1.165, 1.54) is 12.8 Å². The van der Waals surface area contributed by atoms with E-state index in [9.17, 15) is 14.4 Å². The monoisotopic (exact) mass is 443 g/mol. The van der Waals surface area contributed by atoms with Crippen LogP contribution in [0.25, 0.3) is 0 Å². The first kappa shape index (κ1) is 22.2. The normalized spacial score (nSPS) is 25.4. The molecule has 2 N–H and O–H groups in total. The summed E-state index contributed by atoms with van der Waals surface area (Å²) in [6.07, 6.45) is 7.55. The first-order chi connectivity index (χ1) is 15.0. The van der Waals surface area contributed by atoms with E-state index in [1.54, 1.807) is 16.7 Å². The van der Waals surface area contributed by atoms with Gasteiger partial charge >= 0.3 is 0 Å². The fourth-order valence-corrected chi connectivity index (χ4v) is 6.37. The SMILES string of the molecule is CC[C@H](C)[C@H](NC(=O)[C@@H]1CS[C@@H]2c3ccccc3C(=O)N21)C(=O)NC1CCCCCC1. The first-order valence-electron chi connectivity index (χ1n) is 11.6. The van der Waals surface area contributed by atoms with Gasteiger partial charge in [-0.1, -0.05) is 64.2 Å². The minimum absolute atomic E-state index is 0.0195. The van der Waals surface area contributed by atoms with E-state index < -0.39 is 12.1 Å². The molecular weight excluding hydrogens is 410 g/mol. The second-order valence-corrected chi connectivity index (χ2v) is 10.2. The third-order valence-corrected chi connectivity index (χ3v) is 8.29. The molecule has 3 aliphatic rings. The highest BCUT2D eigenvalue weighted by Crippen LogP contribution is 2.48. The van der Waals surface area contributed by atoms with Crippen molar-refractivity contribution in [2.45, 2.75) is 82.3 Å². The Morgan fingerprint density at radius 2 is 1.87 bits per heavy atom. The van der Waals surface area contributed by atoms with E-state index in [0.717, 1.165) is 37.7 Å². The zero-order chi connectivity index (χ0) is 22.0. The summed E-state index contributed by atoms with van der Waals surface area (Å²) in [6.45, 7) is 4.03. The van der Waals surface area contributed by atoms with Crippen molar-refractivity contribution in [1.29, 1.82) is 0 Å². The summed E-state index contributed by atoms with van der Waals surface area (Å²) >= 11 is 1.62. The average Bonchev–Trinajstić information content (AvgIpc) is 3.22. The van der Waals surface area contributed by atoms with Crippen molar-refractivity contribution in [3.8, 4) is 0 Å². The molecule has 1 saturated heterocycles. The molecule has 0 aromatic heterocycles. The van der Waals surface area contributed by atoms with Crippen LogP contribution in [-0.2, 0) is 9.59 Å². The fraction of sp³-hybridized carbons (Fsp3) is 0.625. The second-order valence-electron chi connectivity index (χ2n) is 9.07. The quantitative estimate of drug-likeness (QED) is 0.658. The number of nitrogens with one attached hydrogen (secondary N) is 2. The molecule has 0 unspecified atom stereocenters. The highest BCUT2D eigenvalue weighted by Gasteiger charge is 2.48. The number of fused-ring (bicyclic) bond motifs is 3. The molecule has 3 amide bonds. The molecule has 6 nitrogen and oxygen atoms in total. The van der Waals surface area contributed by atoms with Gasteiger partial charge < -0.3 is 15.5 Å². The van der Waals surface area contributed by atoms with E-state index in [2.05, 4.69) is 10.6 Å². The molecular formula is C24H33N3O3S. The van der Waals surface area contributed by atoms with E-state index in [-0.39, 0.29) is 35.1 Å². The molecule has 2 fully saturated rings. The van der Waals surface area contributed by atoms with Crippen LogP contribution >= 0.6 is 11.8 Å². The maximum Gasteiger partial charge on any atom is 0.256 e. The molecule has 31 heavy (non-hydrogen) atoms. The molecule has 7 heteroatoms. The van der Waals surface area contributed by atoms with Crippen molar-refractivity contribution < 1.29 is 14.4 Å². The van der Waals surface area contributed by atoms with Crippen LogP contribution in [-0.4, -0.2) is 46.5 Å². The van der Waals surface area contributed by atoms with Crippen molar-refractivity contribution >= 4 is 29.5 Å². The zero-order valence-electron chi connectivity index (χ0n) is 18.4. The molecule has 1 saturated carbocycles. The van der Waals surface area contributed by atoms with Crippen molar-refractivity contribution in [3.63, 3.8) is 0 Å². The van der Waals surface area contributed by atoms with Gasteiger partial charge in [0.15, 0.2) is 0 Å². The average molecular weight is 444 g/mol. The van der Waals surface area contributed by atoms with Crippen LogP contribution in [0.2, 0.25) is 0 Å². The fourth-order valence-electron chi connectivity index (χ4n) is 4.91. The summed E-state index contributed by atoms with van der Waals surface area (Å²) < 4.78 is 0. The number of hydrogen-bond acceptors (Lipinski definition) is 4. The third kappa shape index (κ3) is 4.47. The molecule has 0 spiro atoms. The minimum atomic E-state index is -0.579. The van der Waals surface area contributed by atoms with Crippen LogP contribution in [0.1, 0.15) is 80.1 Å². The van der Waals surface area contributed by atoms with Crippen LogP contribution < -0.4 is 10.6 Å². The smallest absolute Gasteiger partial charge is 0.256 e. The van der Waals surface area contributed by atoms with Crippen molar-refractivity contribution in [1.82, 2.24) is 15.5 Å². The number of carbonyl (C=O) groups is 3. The summed E-state index contributed by atoms with van der Waals surface area (Å²) in [5.74, 6) is 0.165. The molecule has 1 aromatic rings. The predicted octanol–water partition coefficient (Wildman–Crippen LogP) is 3.63. The minimum Gasteiger partial charge on any atom is -0.352 e. The molecule has 2 heterocycles. The molecule has 4 rings (SSSR count). The summed E-state index contributed by atoms with van der Waals surface area (Å²) in [7, 11) is 0. The Morgan fingerprint density at radius 1 is 1.16 bits per heavy atom. The largest absolute Gasteiger partial charge is 0.352 e. The van der Waals surface area contributed by atoms with Gasteiger partial charge in [0.2, 0.25) is 11.8 Å². The maximum absolute atomic E-state index is 13.3. The Hall–Kier alpha value is -2.02. The molecule has 4 atom stereocenters. The molecule has 0 bridgehead atoms. The van der Waals surface area contributed by atoms with Crippen LogP contribution in [0.5, 0.6) is 0 Å². The lowest BCUT2D eigenvalue weighted by atomic mass is 9.97. The van der Waals surface area contributed by atoms with Crippen molar-refractivity contribution in [2.24, 2.45) is 5.92 Å². The second kappa shape index (κ2) is 9.63. The summed E-state index contributed by atoms with van der Waals surface area (Å²) in [6, 6.07) is 6.65. The molecule has 1 aliphatic carbocycles. The first-order valence-corrected chi connectivity index (χ1v) is 12.7. The van der Waals surface area contributed by atoms with Crippen LogP contribution in [0.4, 0.5) is 0 Å². The maximum atomic E-state index is 13.3. The van der Waals surface area contributed by atoms with Crippen LogP contribution in [0.3, 0.4) is 0 Å². The Balaban J connectivity index is 1.44. The van der Waals surface area contributed by atoms with Crippen LogP contribution in [0.15, 0.2) is 24.3 Å². The summed E-state index contributed by atoms with van der Waals surface area (Å²) in [4.78, 5) is 41.0. The van der Waals surface area contributed by atoms with Crippen LogP contribution in [0, 0.1) is 5.92 Å². The number of rotatable bonds is 6. The van der Waals surface area contributed by atoms with E-state index in [0.29, 0.717) is 11.3 Å². The standard InChI is InChI=1S/C24H33N3O3S/c1-3-15(2)20(22(29)25-16-10-6-4-5-7-11-16)26-21(28)19-14-31-24-18-13-9-8-12-17(18)23(30)27(19)24/h8-9,12-13,15-16,19-20,24H,3-7,10-11,14H2,1-2H3,(H,25,29)(H,26,28)/t15-,19-,20-,24+/m0/s1. The van der Waals surface area contributed by atoms with Crippen molar-refractivity contribution in [2.75, 3.05) is 5.75 Å². The van der Waals surface area contributed by atoms with Crippen molar-refractivity contribution in [3.05, 3.63) is 35.4 Å². The topological polar surface area (TPSA) is 78.5 Å². The lowest BCUT2D eigenvalue weighted by Crippen LogP contribution is -2.56.